The minimum absolute atomic E-state index is 0.513. The predicted octanol–water partition coefficient (Wildman–Crippen LogP) is 3.60. The lowest BCUT2D eigenvalue weighted by Gasteiger charge is -2.13. The first-order valence-corrected chi connectivity index (χ1v) is 6.92. The smallest absolute Gasteiger partial charge is 0.101 e. The van der Waals surface area contributed by atoms with E-state index in [-0.39, 0.29) is 0 Å². The van der Waals surface area contributed by atoms with Crippen molar-refractivity contribution in [1.29, 1.82) is 0 Å². The molecule has 0 radical (unpaired) electrons. The number of nitrogens with zero attached hydrogens (tertiary/aromatic N) is 2. The zero-order valence-electron chi connectivity index (χ0n) is 9.98. The number of halogens is 2. The molecule has 5 heteroatoms. The molecular formula is C13H14BrClN2O. The second-order valence-electron chi connectivity index (χ2n) is 4.04. The van der Waals surface area contributed by atoms with E-state index < -0.39 is 6.10 Å². The number of aliphatic hydroxyl groups is 1. The van der Waals surface area contributed by atoms with E-state index in [0.717, 1.165) is 10.0 Å². The van der Waals surface area contributed by atoms with E-state index in [2.05, 4.69) is 21.0 Å². The summed E-state index contributed by atoms with van der Waals surface area (Å²) in [6, 6.07) is 7.88. The van der Waals surface area contributed by atoms with Crippen molar-refractivity contribution in [3.63, 3.8) is 0 Å². The first-order valence-electron chi connectivity index (χ1n) is 5.75. The molecule has 96 valence electrons. The van der Waals surface area contributed by atoms with Gasteiger partial charge in [-0.2, -0.15) is 5.10 Å². The maximum Gasteiger partial charge on any atom is 0.101 e. The lowest BCUT2D eigenvalue weighted by Crippen LogP contribution is -2.10. The topological polar surface area (TPSA) is 38.0 Å². The van der Waals surface area contributed by atoms with Crippen molar-refractivity contribution in [3.05, 3.63) is 51.2 Å². The predicted molar refractivity (Wildman–Crippen MR) is 75.7 cm³/mol. The normalized spacial score (nSPS) is 12.7. The van der Waals surface area contributed by atoms with Gasteiger partial charge in [0.25, 0.3) is 0 Å². The minimum Gasteiger partial charge on any atom is -0.386 e. The van der Waals surface area contributed by atoms with Crippen molar-refractivity contribution in [2.75, 3.05) is 0 Å². The molecule has 1 aromatic heterocycles. The van der Waals surface area contributed by atoms with Crippen LogP contribution in [0.4, 0.5) is 0 Å². The molecule has 0 spiro atoms. The largest absolute Gasteiger partial charge is 0.386 e. The van der Waals surface area contributed by atoms with Gasteiger partial charge in [-0.1, -0.05) is 39.7 Å². The van der Waals surface area contributed by atoms with Crippen LogP contribution < -0.4 is 0 Å². The molecule has 1 unspecified atom stereocenters. The molecule has 18 heavy (non-hydrogen) atoms. The molecule has 2 aromatic rings. The van der Waals surface area contributed by atoms with Crippen LogP contribution in [-0.4, -0.2) is 14.9 Å². The second-order valence-corrected chi connectivity index (χ2v) is 5.37. The van der Waals surface area contributed by atoms with E-state index >= 15 is 0 Å². The molecule has 0 saturated carbocycles. The Bertz CT molecular complexity index is 542. The van der Waals surface area contributed by atoms with Gasteiger partial charge in [-0.25, -0.2) is 0 Å². The second kappa shape index (κ2) is 5.87. The molecule has 0 saturated heterocycles. The summed E-state index contributed by atoms with van der Waals surface area (Å²) in [5, 5.41) is 14.9. The van der Waals surface area contributed by atoms with Crippen LogP contribution in [0, 0.1) is 0 Å². The van der Waals surface area contributed by atoms with Crippen molar-refractivity contribution in [3.8, 4) is 0 Å². The Hall–Kier alpha value is -0.840. The number of hydrogen-bond acceptors (Lipinski definition) is 2. The molecule has 2 rings (SSSR count). The van der Waals surface area contributed by atoms with E-state index in [1.165, 1.54) is 0 Å². The van der Waals surface area contributed by atoms with Gasteiger partial charge in [-0.15, -0.1) is 0 Å². The SMILES string of the molecule is CCn1ncc(Cl)c1C(O)Cc1cccc(Br)c1. The minimum atomic E-state index is -0.644. The highest BCUT2D eigenvalue weighted by Crippen LogP contribution is 2.26. The highest BCUT2D eigenvalue weighted by atomic mass is 79.9. The molecule has 3 nitrogen and oxygen atoms in total. The summed E-state index contributed by atoms with van der Waals surface area (Å²) in [5.41, 5.74) is 1.73. The van der Waals surface area contributed by atoms with Crippen molar-refractivity contribution in [2.24, 2.45) is 0 Å². The van der Waals surface area contributed by atoms with Gasteiger partial charge in [0.1, 0.15) is 6.10 Å². The van der Waals surface area contributed by atoms with E-state index in [4.69, 9.17) is 11.6 Å². The van der Waals surface area contributed by atoms with E-state index in [1.807, 2.05) is 31.2 Å². The van der Waals surface area contributed by atoms with Gasteiger partial charge < -0.3 is 5.11 Å². The first-order chi connectivity index (χ1) is 8.61. The fourth-order valence-corrected chi connectivity index (χ4v) is 2.65. The van der Waals surface area contributed by atoms with Crippen LogP contribution >= 0.6 is 27.5 Å². The standard InChI is InChI=1S/C13H14BrClN2O/c1-2-17-13(11(15)8-16-17)12(18)7-9-4-3-5-10(14)6-9/h3-6,8,12,18H,2,7H2,1H3. The number of aliphatic hydroxyl groups excluding tert-OH is 1. The summed E-state index contributed by atoms with van der Waals surface area (Å²) in [6.45, 7) is 2.66. The third-order valence-electron chi connectivity index (χ3n) is 2.77. The maximum atomic E-state index is 10.3. The third kappa shape index (κ3) is 2.94. The van der Waals surface area contributed by atoms with E-state index in [0.29, 0.717) is 23.7 Å². The molecule has 1 aromatic carbocycles. The van der Waals surface area contributed by atoms with Crippen LogP contribution in [0.1, 0.15) is 24.3 Å². The molecular weight excluding hydrogens is 316 g/mol. The maximum absolute atomic E-state index is 10.3. The number of aromatic nitrogens is 2. The zero-order chi connectivity index (χ0) is 13.1. The fourth-order valence-electron chi connectivity index (χ4n) is 1.94. The number of rotatable bonds is 4. The van der Waals surface area contributed by atoms with Crippen LogP contribution in [0.2, 0.25) is 5.02 Å². The summed E-state index contributed by atoms with van der Waals surface area (Å²) >= 11 is 9.48. The van der Waals surface area contributed by atoms with Gasteiger partial charge in [-0.05, 0) is 24.6 Å². The Morgan fingerprint density at radius 2 is 2.28 bits per heavy atom. The highest BCUT2D eigenvalue weighted by Gasteiger charge is 2.17. The van der Waals surface area contributed by atoms with Gasteiger partial charge in [0.05, 0.1) is 16.9 Å². The van der Waals surface area contributed by atoms with Crippen LogP contribution in [0.5, 0.6) is 0 Å². The number of benzene rings is 1. The molecule has 0 aliphatic rings. The Morgan fingerprint density at radius 1 is 1.50 bits per heavy atom. The monoisotopic (exact) mass is 328 g/mol. The Balaban J connectivity index is 2.21. The van der Waals surface area contributed by atoms with Crippen LogP contribution in [0.3, 0.4) is 0 Å². The zero-order valence-corrected chi connectivity index (χ0v) is 12.3. The van der Waals surface area contributed by atoms with Gasteiger partial charge in [0.2, 0.25) is 0 Å². The quantitative estimate of drug-likeness (QED) is 0.931. The molecule has 1 atom stereocenters. The lowest BCUT2D eigenvalue weighted by molar-refractivity contribution is 0.167. The summed E-state index contributed by atoms with van der Waals surface area (Å²) in [5.74, 6) is 0. The third-order valence-corrected chi connectivity index (χ3v) is 3.55. The molecule has 0 aliphatic carbocycles. The van der Waals surface area contributed by atoms with E-state index in [1.54, 1.807) is 10.9 Å². The van der Waals surface area contributed by atoms with Crippen molar-refractivity contribution >= 4 is 27.5 Å². The summed E-state index contributed by atoms with van der Waals surface area (Å²) in [4.78, 5) is 0. The lowest BCUT2D eigenvalue weighted by atomic mass is 10.1. The molecule has 0 bridgehead atoms. The summed E-state index contributed by atoms with van der Waals surface area (Å²) in [6.07, 6.45) is 1.45. The Morgan fingerprint density at radius 3 is 2.94 bits per heavy atom. The van der Waals surface area contributed by atoms with Gasteiger partial charge in [0.15, 0.2) is 0 Å². The van der Waals surface area contributed by atoms with Crippen LogP contribution in [0.25, 0.3) is 0 Å². The molecule has 0 fully saturated rings. The van der Waals surface area contributed by atoms with E-state index in [9.17, 15) is 5.11 Å². The molecule has 0 amide bonds. The average molecular weight is 330 g/mol. The first kappa shape index (κ1) is 13.6. The number of hydrogen-bond donors (Lipinski definition) is 1. The Labute approximate surface area is 120 Å². The van der Waals surface area contributed by atoms with Gasteiger partial charge in [-0.3, -0.25) is 4.68 Å². The number of aryl methyl sites for hydroxylation is 1. The van der Waals surface area contributed by atoms with Crippen molar-refractivity contribution in [1.82, 2.24) is 9.78 Å². The van der Waals surface area contributed by atoms with Crippen LogP contribution in [0.15, 0.2) is 34.9 Å². The molecule has 0 aliphatic heterocycles. The Kier molecular flexibility index (Phi) is 4.43. The molecule has 1 heterocycles. The molecule has 1 N–H and O–H groups in total. The van der Waals surface area contributed by atoms with Gasteiger partial charge in [0, 0.05) is 17.4 Å². The summed E-state index contributed by atoms with van der Waals surface area (Å²) in [7, 11) is 0. The van der Waals surface area contributed by atoms with Crippen molar-refractivity contribution < 1.29 is 5.11 Å². The fraction of sp³-hybridized carbons (Fsp3) is 0.308. The highest BCUT2D eigenvalue weighted by molar-refractivity contribution is 9.10. The van der Waals surface area contributed by atoms with Gasteiger partial charge >= 0.3 is 0 Å². The average Bonchev–Trinajstić information content (AvgIpc) is 2.70. The van der Waals surface area contributed by atoms with Crippen LogP contribution in [-0.2, 0) is 13.0 Å². The summed E-state index contributed by atoms with van der Waals surface area (Å²) < 4.78 is 2.73. The van der Waals surface area contributed by atoms with Crippen molar-refractivity contribution in [2.45, 2.75) is 26.0 Å².